The van der Waals surface area contributed by atoms with Crippen molar-refractivity contribution in [2.24, 2.45) is 0 Å². The summed E-state index contributed by atoms with van der Waals surface area (Å²) in [5.41, 5.74) is 2.32. The lowest BCUT2D eigenvalue weighted by Gasteiger charge is -2.11. The molecule has 21 heavy (non-hydrogen) atoms. The molecule has 0 amide bonds. The Bertz CT molecular complexity index is 808. The zero-order valence-electron chi connectivity index (χ0n) is 11.2. The number of fused-ring (bicyclic) bond motifs is 3. The molecular formula is C16H13Cl2N2S+. The predicted octanol–water partition coefficient (Wildman–Crippen LogP) is 4.52. The third-order valence-electron chi connectivity index (χ3n) is 3.86. The molecule has 3 aromatic rings. The summed E-state index contributed by atoms with van der Waals surface area (Å²) in [5, 5.41) is 2.76. The van der Waals surface area contributed by atoms with Gasteiger partial charge in [-0.05, 0) is 35.6 Å². The number of para-hydroxylation sites is 1. The molecule has 0 unspecified atom stereocenters. The molecule has 1 aliphatic heterocycles. The van der Waals surface area contributed by atoms with Crippen molar-refractivity contribution in [2.75, 3.05) is 11.4 Å². The Hall–Kier alpha value is -1.29. The van der Waals surface area contributed by atoms with E-state index in [1.54, 1.807) is 0 Å². The monoisotopic (exact) mass is 335 g/mol. The highest BCUT2D eigenvalue weighted by atomic mass is 35.5. The molecule has 1 aromatic heterocycles. The molecule has 0 N–H and O–H groups in total. The van der Waals surface area contributed by atoms with Crippen molar-refractivity contribution in [2.45, 2.75) is 13.1 Å². The summed E-state index contributed by atoms with van der Waals surface area (Å²) in [7, 11) is 0. The molecule has 0 aliphatic carbocycles. The van der Waals surface area contributed by atoms with Gasteiger partial charge in [0.25, 0.3) is 0 Å². The fraction of sp³-hybridized carbons (Fsp3) is 0.188. The minimum absolute atomic E-state index is 0.738. The molecule has 5 heteroatoms. The lowest BCUT2D eigenvalue weighted by Crippen LogP contribution is -2.28. The Morgan fingerprint density at radius 3 is 2.62 bits per heavy atom. The van der Waals surface area contributed by atoms with Gasteiger partial charge in [-0.3, -0.25) is 0 Å². The molecule has 0 atom stereocenters. The molecule has 2 nitrogen and oxygen atoms in total. The van der Waals surface area contributed by atoms with E-state index in [2.05, 4.69) is 33.7 Å². The maximum atomic E-state index is 6.30. The molecule has 2 heterocycles. The highest BCUT2D eigenvalue weighted by Gasteiger charge is 2.32. The normalized spacial score (nSPS) is 13.9. The average molecular weight is 336 g/mol. The van der Waals surface area contributed by atoms with Crippen LogP contribution in [0.3, 0.4) is 0 Å². The second kappa shape index (κ2) is 5.16. The molecule has 0 fully saturated rings. The van der Waals surface area contributed by atoms with Crippen LogP contribution in [0.4, 0.5) is 5.13 Å². The van der Waals surface area contributed by atoms with E-state index in [-0.39, 0.29) is 0 Å². The molecule has 1 aliphatic rings. The number of rotatable bonds is 2. The first-order valence-electron chi connectivity index (χ1n) is 6.83. The molecule has 2 aromatic carbocycles. The van der Waals surface area contributed by atoms with Crippen molar-refractivity contribution in [3.8, 4) is 0 Å². The van der Waals surface area contributed by atoms with Gasteiger partial charge in [-0.15, -0.1) is 0 Å². The van der Waals surface area contributed by atoms with Gasteiger partial charge in [-0.1, -0.05) is 41.4 Å². The van der Waals surface area contributed by atoms with Gasteiger partial charge in [-0.25, -0.2) is 9.47 Å². The van der Waals surface area contributed by atoms with E-state index in [1.165, 1.54) is 15.3 Å². The number of halogens is 2. The van der Waals surface area contributed by atoms with Gasteiger partial charge in [0.2, 0.25) is 0 Å². The lowest BCUT2D eigenvalue weighted by atomic mass is 10.2. The zero-order valence-corrected chi connectivity index (χ0v) is 13.5. The molecule has 0 bridgehead atoms. The number of benzene rings is 2. The summed E-state index contributed by atoms with van der Waals surface area (Å²) < 4.78 is 3.70. The number of anilines is 1. The van der Waals surface area contributed by atoms with Crippen LogP contribution < -0.4 is 9.47 Å². The third-order valence-corrected chi connectivity index (χ3v) is 5.80. The van der Waals surface area contributed by atoms with E-state index in [0.717, 1.165) is 35.2 Å². The van der Waals surface area contributed by atoms with Crippen LogP contribution in [0.1, 0.15) is 5.56 Å². The molecule has 4 rings (SSSR count). The largest absolute Gasteiger partial charge is 0.337 e. The zero-order chi connectivity index (χ0) is 14.4. The van der Waals surface area contributed by atoms with Gasteiger partial charge in [-0.2, -0.15) is 0 Å². The Morgan fingerprint density at radius 2 is 1.81 bits per heavy atom. The smallest absolute Gasteiger partial charge is 0.244 e. The van der Waals surface area contributed by atoms with Gasteiger partial charge >= 0.3 is 5.13 Å². The first-order valence-corrected chi connectivity index (χ1v) is 8.40. The summed E-state index contributed by atoms with van der Waals surface area (Å²) in [5.74, 6) is 0. The molecular weight excluding hydrogens is 323 g/mol. The minimum Gasteiger partial charge on any atom is -0.244 e. The van der Waals surface area contributed by atoms with Crippen molar-refractivity contribution in [3.63, 3.8) is 0 Å². The molecule has 0 saturated heterocycles. The van der Waals surface area contributed by atoms with Crippen LogP contribution in [0.15, 0.2) is 42.5 Å². The van der Waals surface area contributed by atoms with Crippen LogP contribution in [-0.4, -0.2) is 6.54 Å². The van der Waals surface area contributed by atoms with Crippen LogP contribution in [0.25, 0.3) is 10.2 Å². The lowest BCUT2D eigenvalue weighted by molar-refractivity contribution is -0.641. The van der Waals surface area contributed by atoms with Crippen molar-refractivity contribution in [3.05, 3.63) is 58.1 Å². The van der Waals surface area contributed by atoms with E-state index >= 15 is 0 Å². The SMILES string of the molecule is Clc1cccc(Cl)c1CN1CC[n+]2c1sc1ccccc12. The van der Waals surface area contributed by atoms with Gasteiger partial charge in [0, 0.05) is 15.6 Å². The Labute approximate surface area is 137 Å². The summed E-state index contributed by atoms with van der Waals surface area (Å²) >= 11 is 14.4. The predicted molar refractivity (Wildman–Crippen MR) is 89.5 cm³/mol. The summed E-state index contributed by atoms with van der Waals surface area (Å²) in [6.07, 6.45) is 0. The molecule has 0 spiro atoms. The summed E-state index contributed by atoms with van der Waals surface area (Å²) in [6, 6.07) is 14.2. The van der Waals surface area contributed by atoms with Crippen LogP contribution in [0.5, 0.6) is 0 Å². The number of thiazole rings is 1. The van der Waals surface area contributed by atoms with Gasteiger partial charge in [0.15, 0.2) is 0 Å². The van der Waals surface area contributed by atoms with Crippen LogP contribution in [0.2, 0.25) is 10.0 Å². The van der Waals surface area contributed by atoms with Crippen molar-refractivity contribution in [1.82, 2.24) is 0 Å². The van der Waals surface area contributed by atoms with Gasteiger partial charge in [0.05, 0.1) is 4.70 Å². The van der Waals surface area contributed by atoms with E-state index in [4.69, 9.17) is 23.2 Å². The van der Waals surface area contributed by atoms with Gasteiger partial charge < -0.3 is 0 Å². The van der Waals surface area contributed by atoms with Gasteiger partial charge in [0.1, 0.15) is 25.2 Å². The topological polar surface area (TPSA) is 7.12 Å². The standard InChI is InChI=1S/C16H13Cl2N2S/c17-12-4-3-5-13(18)11(12)10-19-8-9-20-14-6-1-2-7-15(14)21-16(19)20/h1-7H,8-10H2/q+1. The second-order valence-electron chi connectivity index (χ2n) is 5.13. The van der Waals surface area contributed by atoms with Crippen LogP contribution >= 0.6 is 34.5 Å². The maximum absolute atomic E-state index is 6.30. The number of aromatic nitrogens is 1. The van der Waals surface area contributed by atoms with Crippen LogP contribution in [-0.2, 0) is 13.1 Å². The fourth-order valence-electron chi connectivity index (χ4n) is 2.81. The molecule has 106 valence electrons. The van der Waals surface area contributed by atoms with Crippen molar-refractivity contribution >= 4 is 49.9 Å². The first-order chi connectivity index (χ1) is 10.2. The summed E-state index contributed by atoms with van der Waals surface area (Å²) in [6.45, 7) is 2.77. The number of hydrogen-bond donors (Lipinski definition) is 0. The Morgan fingerprint density at radius 1 is 1.05 bits per heavy atom. The Balaban J connectivity index is 1.74. The highest BCUT2D eigenvalue weighted by molar-refractivity contribution is 7.21. The average Bonchev–Trinajstić information content (AvgIpc) is 3.02. The first kappa shape index (κ1) is 13.4. The second-order valence-corrected chi connectivity index (χ2v) is 6.95. The third kappa shape index (κ3) is 2.20. The minimum atomic E-state index is 0.738. The van der Waals surface area contributed by atoms with E-state index in [0.29, 0.717) is 0 Å². The molecule has 0 saturated carbocycles. The maximum Gasteiger partial charge on any atom is 0.337 e. The quantitative estimate of drug-likeness (QED) is 0.624. The van der Waals surface area contributed by atoms with E-state index in [1.807, 2.05) is 29.5 Å². The van der Waals surface area contributed by atoms with Crippen molar-refractivity contribution in [1.29, 1.82) is 0 Å². The number of nitrogens with zero attached hydrogens (tertiary/aromatic N) is 2. The number of hydrogen-bond acceptors (Lipinski definition) is 2. The summed E-state index contributed by atoms with van der Waals surface area (Å²) in [4.78, 5) is 2.36. The highest BCUT2D eigenvalue weighted by Crippen LogP contribution is 2.33. The Kier molecular flexibility index (Phi) is 3.29. The van der Waals surface area contributed by atoms with Crippen molar-refractivity contribution < 1.29 is 4.57 Å². The molecule has 0 radical (unpaired) electrons. The van der Waals surface area contributed by atoms with Crippen LogP contribution in [0, 0.1) is 0 Å². The van der Waals surface area contributed by atoms with E-state index in [9.17, 15) is 0 Å². The van der Waals surface area contributed by atoms with E-state index < -0.39 is 0 Å². The fourth-order valence-corrected chi connectivity index (χ4v) is 4.54.